The Morgan fingerprint density at radius 2 is 1.96 bits per heavy atom. The van der Waals surface area contributed by atoms with Crippen LogP contribution in [0, 0.1) is 0 Å². The van der Waals surface area contributed by atoms with E-state index in [1.54, 1.807) is 30.5 Å². The SMILES string of the molecule is COc1ccccc1C(=O)Nc1ccc(NCc2ccc3c(c2)OCO3)nc1. The zero-order valence-electron chi connectivity index (χ0n) is 15.3. The van der Waals surface area contributed by atoms with Gasteiger partial charge in [0.05, 0.1) is 24.6 Å². The van der Waals surface area contributed by atoms with Crippen molar-refractivity contribution in [2.24, 2.45) is 0 Å². The molecule has 1 amide bonds. The Hall–Kier alpha value is -3.74. The van der Waals surface area contributed by atoms with Crippen molar-refractivity contribution in [2.45, 2.75) is 6.54 Å². The van der Waals surface area contributed by atoms with E-state index >= 15 is 0 Å². The van der Waals surface area contributed by atoms with Gasteiger partial charge in [0.2, 0.25) is 6.79 Å². The van der Waals surface area contributed by atoms with Gasteiger partial charge in [-0.2, -0.15) is 0 Å². The monoisotopic (exact) mass is 377 g/mol. The minimum atomic E-state index is -0.250. The number of hydrogen-bond acceptors (Lipinski definition) is 6. The fourth-order valence-electron chi connectivity index (χ4n) is 2.85. The summed E-state index contributed by atoms with van der Waals surface area (Å²) in [6.07, 6.45) is 1.61. The van der Waals surface area contributed by atoms with Crippen LogP contribution in [-0.4, -0.2) is 24.8 Å². The van der Waals surface area contributed by atoms with Crippen molar-refractivity contribution in [3.63, 3.8) is 0 Å². The van der Waals surface area contributed by atoms with Crippen molar-refractivity contribution >= 4 is 17.4 Å². The van der Waals surface area contributed by atoms with E-state index in [2.05, 4.69) is 15.6 Å². The molecule has 28 heavy (non-hydrogen) atoms. The molecule has 0 radical (unpaired) electrons. The molecule has 1 aliphatic rings. The fourth-order valence-corrected chi connectivity index (χ4v) is 2.85. The molecule has 0 bridgehead atoms. The minimum Gasteiger partial charge on any atom is -0.496 e. The van der Waals surface area contributed by atoms with Crippen molar-refractivity contribution in [3.8, 4) is 17.2 Å². The average Bonchev–Trinajstić information content (AvgIpc) is 3.21. The number of nitrogens with zero attached hydrogens (tertiary/aromatic N) is 1. The van der Waals surface area contributed by atoms with Crippen LogP contribution in [0.15, 0.2) is 60.8 Å². The summed E-state index contributed by atoms with van der Waals surface area (Å²) in [7, 11) is 1.54. The van der Waals surface area contributed by atoms with Gasteiger partial charge in [-0.05, 0) is 42.0 Å². The normalized spacial score (nSPS) is 11.8. The molecule has 142 valence electrons. The van der Waals surface area contributed by atoms with Crippen molar-refractivity contribution in [1.82, 2.24) is 4.98 Å². The maximum Gasteiger partial charge on any atom is 0.259 e. The molecule has 2 heterocycles. The van der Waals surface area contributed by atoms with Gasteiger partial charge in [-0.15, -0.1) is 0 Å². The maximum absolute atomic E-state index is 12.4. The number of carbonyl (C=O) groups is 1. The number of anilines is 2. The van der Waals surface area contributed by atoms with E-state index in [1.165, 1.54) is 7.11 Å². The molecule has 2 N–H and O–H groups in total. The Morgan fingerprint density at radius 3 is 2.79 bits per heavy atom. The molecule has 0 saturated carbocycles. The van der Waals surface area contributed by atoms with Crippen LogP contribution in [-0.2, 0) is 6.54 Å². The van der Waals surface area contributed by atoms with Crippen LogP contribution in [0.2, 0.25) is 0 Å². The summed E-state index contributed by atoms with van der Waals surface area (Å²) in [5.74, 6) is 2.49. The highest BCUT2D eigenvalue weighted by Gasteiger charge is 2.13. The molecule has 2 aromatic carbocycles. The third-order valence-corrected chi connectivity index (χ3v) is 4.28. The number of fused-ring (bicyclic) bond motifs is 1. The van der Waals surface area contributed by atoms with E-state index in [9.17, 15) is 4.79 Å². The van der Waals surface area contributed by atoms with E-state index in [1.807, 2.05) is 30.3 Å². The van der Waals surface area contributed by atoms with E-state index in [0.29, 0.717) is 29.4 Å². The van der Waals surface area contributed by atoms with Crippen LogP contribution < -0.4 is 24.8 Å². The number of benzene rings is 2. The van der Waals surface area contributed by atoms with Crippen molar-refractivity contribution in [1.29, 1.82) is 0 Å². The Balaban J connectivity index is 1.36. The molecular formula is C21H19N3O4. The number of hydrogen-bond donors (Lipinski definition) is 2. The van der Waals surface area contributed by atoms with Gasteiger partial charge in [-0.3, -0.25) is 4.79 Å². The lowest BCUT2D eigenvalue weighted by Crippen LogP contribution is -2.13. The van der Waals surface area contributed by atoms with Crippen LogP contribution in [0.1, 0.15) is 15.9 Å². The molecule has 0 unspecified atom stereocenters. The second-order valence-electron chi connectivity index (χ2n) is 6.13. The minimum absolute atomic E-state index is 0.250. The first-order chi connectivity index (χ1) is 13.7. The van der Waals surface area contributed by atoms with Crippen LogP contribution in [0.25, 0.3) is 0 Å². The topological polar surface area (TPSA) is 81.7 Å². The van der Waals surface area contributed by atoms with Gasteiger partial charge in [0.1, 0.15) is 11.6 Å². The highest BCUT2D eigenvalue weighted by Crippen LogP contribution is 2.32. The largest absolute Gasteiger partial charge is 0.496 e. The molecule has 0 aliphatic carbocycles. The number of amides is 1. The molecular weight excluding hydrogens is 358 g/mol. The highest BCUT2D eigenvalue weighted by molar-refractivity contribution is 6.06. The van der Waals surface area contributed by atoms with E-state index in [-0.39, 0.29) is 12.7 Å². The molecule has 1 aliphatic heterocycles. The van der Waals surface area contributed by atoms with Gasteiger partial charge >= 0.3 is 0 Å². The summed E-state index contributed by atoms with van der Waals surface area (Å²) in [5.41, 5.74) is 2.12. The second-order valence-corrected chi connectivity index (χ2v) is 6.13. The van der Waals surface area contributed by atoms with Crippen LogP contribution in [0.5, 0.6) is 17.2 Å². The predicted molar refractivity (Wildman–Crippen MR) is 105 cm³/mol. The number of methoxy groups -OCH3 is 1. The summed E-state index contributed by atoms with van der Waals surface area (Å²) < 4.78 is 15.9. The Morgan fingerprint density at radius 1 is 1.11 bits per heavy atom. The Labute approximate surface area is 162 Å². The molecule has 3 aromatic rings. The zero-order chi connectivity index (χ0) is 19.3. The van der Waals surface area contributed by atoms with Gasteiger partial charge in [-0.1, -0.05) is 18.2 Å². The van der Waals surface area contributed by atoms with Crippen LogP contribution in [0.4, 0.5) is 11.5 Å². The second kappa shape index (κ2) is 7.87. The van der Waals surface area contributed by atoms with Gasteiger partial charge in [0.15, 0.2) is 11.5 Å². The lowest BCUT2D eigenvalue weighted by molar-refractivity contribution is 0.102. The van der Waals surface area contributed by atoms with Crippen molar-refractivity contribution in [2.75, 3.05) is 24.5 Å². The smallest absolute Gasteiger partial charge is 0.259 e. The lowest BCUT2D eigenvalue weighted by atomic mass is 10.2. The highest BCUT2D eigenvalue weighted by atomic mass is 16.7. The summed E-state index contributed by atoms with van der Waals surface area (Å²) in [4.78, 5) is 16.8. The number of pyridine rings is 1. The first-order valence-corrected chi connectivity index (χ1v) is 8.76. The summed E-state index contributed by atoms with van der Waals surface area (Å²) >= 11 is 0. The third-order valence-electron chi connectivity index (χ3n) is 4.28. The molecule has 4 rings (SSSR count). The lowest BCUT2D eigenvalue weighted by Gasteiger charge is -2.10. The number of rotatable bonds is 6. The number of nitrogens with one attached hydrogen (secondary N) is 2. The molecule has 7 heteroatoms. The van der Waals surface area contributed by atoms with E-state index in [4.69, 9.17) is 14.2 Å². The third kappa shape index (κ3) is 3.83. The summed E-state index contributed by atoms with van der Waals surface area (Å²) in [6.45, 7) is 0.854. The summed E-state index contributed by atoms with van der Waals surface area (Å²) in [5, 5.41) is 6.06. The zero-order valence-corrected chi connectivity index (χ0v) is 15.3. The van der Waals surface area contributed by atoms with Gasteiger partial charge in [-0.25, -0.2) is 4.98 Å². The first-order valence-electron chi connectivity index (χ1n) is 8.76. The number of carbonyl (C=O) groups excluding carboxylic acids is 1. The molecule has 0 atom stereocenters. The molecule has 1 aromatic heterocycles. The number of aromatic nitrogens is 1. The summed E-state index contributed by atoms with van der Waals surface area (Å²) in [6, 6.07) is 16.5. The van der Waals surface area contributed by atoms with Crippen LogP contribution in [0.3, 0.4) is 0 Å². The van der Waals surface area contributed by atoms with Crippen molar-refractivity contribution in [3.05, 3.63) is 71.9 Å². The maximum atomic E-state index is 12.4. The fraction of sp³-hybridized carbons (Fsp3) is 0.143. The molecule has 7 nitrogen and oxygen atoms in total. The van der Waals surface area contributed by atoms with Crippen LogP contribution >= 0.6 is 0 Å². The van der Waals surface area contributed by atoms with E-state index < -0.39 is 0 Å². The quantitative estimate of drug-likeness (QED) is 0.682. The Bertz CT molecular complexity index is 989. The molecule has 0 fully saturated rings. The number of ether oxygens (including phenoxy) is 3. The van der Waals surface area contributed by atoms with Gasteiger partial charge in [0.25, 0.3) is 5.91 Å². The number of para-hydroxylation sites is 1. The first kappa shape index (κ1) is 17.7. The van der Waals surface area contributed by atoms with Gasteiger partial charge in [0, 0.05) is 6.54 Å². The van der Waals surface area contributed by atoms with Crippen molar-refractivity contribution < 1.29 is 19.0 Å². The predicted octanol–water partition coefficient (Wildman–Crippen LogP) is 3.68. The molecule has 0 spiro atoms. The molecule has 0 saturated heterocycles. The standard InChI is InChI=1S/C21H19N3O4/c1-26-17-5-3-2-4-16(17)21(25)24-15-7-9-20(23-12-15)22-11-14-6-8-18-19(10-14)28-13-27-18/h2-10,12H,11,13H2,1H3,(H,22,23)(H,24,25). The van der Waals surface area contributed by atoms with Gasteiger partial charge < -0.3 is 24.8 Å². The van der Waals surface area contributed by atoms with E-state index in [0.717, 1.165) is 17.1 Å². The Kier molecular flexibility index (Phi) is 4.97. The average molecular weight is 377 g/mol.